The fourth-order valence-electron chi connectivity index (χ4n) is 3.46. The monoisotopic (exact) mass is 315 g/mol. The average molecular weight is 315 g/mol. The molecule has 0 aromatic carbocycles. The van der Waals surface area contributed by atoms with Gasteiger partial charge in [0.25, 0.3) is 5.91 Å². The van der Waals surface area contributed by atoms with Crippen LogP contribution in [-0.4, -0.2) is 40.8 Å². The van der Waals surface area contributed by atoms with Gasteiger partial charge in [0, 0.05) is 31.2 Å². The van der Waals surface area contributed by atoms with Crippen LogP contribution in [-0.2, 0) is 4.79 Å². The van der Waals surface area contributed by atoms with Gasteiger partial charge in [0.15, 0.2) is 0 Å². The standard InChI is InChI=1S/C18H25N3O2/c1-12(2)16(22)20-14-11-18(14)6-9-21(10-7-18)17(23)15-13(3)5-4-8-19-15/h4-5,8,12,14H,6-7,9-11H2,1-3H3,(H,20,22)/t14-/m0/s1. The quantitative estimate of drug-likeness (QED) is 0.930. The number of rotatable bonds is 3. The highest BCUT2D eigenvalue weighted by Gasteiger charge is 2.56. The van der Waals surface area contributed by atoms with Gasteiger partial charge >= 0.3 is 0 Å². The zero-order chi connectivity index (χ0) is 16.6. The minimum atomic E-state index is 0.0290. The molecule has 2 amide bonds. The molecule has 2 aliphatic rings. The van der Waals surface area contributed by atoms with Crippen molar-refractivity contribution in [3.63, 3.8) is 0 Å². The van der Waals surface area contributed by atoms with E-state index in [0.717, 1.165) is 37.9 Å². The molecule has 0 radical (unpaired) electrons. The summed E-state index contributed by atoms with van der Waals surface area (Å²) in [6, 6.07) is 4.07. The molecule has 5 nitrogen and oxygen atoms in total. The lowest BCUT2D eigenvalue weighted by atomic mass is 9.92. The Bertz CT molecular complexity index is 618. The number of carbonyl (C=O) groups is 2. The van der Waals surface area contributed by atoms with E-state index in [1.165, 1.54) is 0 Å². The van der Waals surface area contributed by atoms with E-state index in [1.54, 1.807) is 6.20 Å². The van der Waals surface area contributed by atoms with E-state index in [-0.39, 0.29) is 23.1 Å². The molecular formula is C18H25N3O2. The topological polar surface area (TPSA) is 62.3 Å². The third-order valence-corrected chi connectivity index (χ3v) is 5.29. The molecule has 1 aromatic rings. The zero-order valence-corrected chi connectivity index (χ0v) is 14.1. The van der Waals surface area contributed by atoms with Crippen molar-refractivity contribution in [2.75, 3.05) is 13.1 Å². The lowest BCUT2D eigenvalue weighted by Gasteiger charge is -2.33. The summed E-state index contributed by atoms with van der Waals surface area (Å²) >= 11 is 0. The molecule has 1 saturated carbocycles. The second-order valence-corrected chi connectivity index (χ2v) is 7.24. The van der Waals surface area contributed by atoms with Crippen LogP contribution < -0.4 is 5.32 Å². The molecule has 124 valence electrons. The number of hydrogen-bond donors (Lipinski definition) is 1. The first kappa shape index (κ1) is 16.0. The summed E-state index contributed by atoms with van der Waals surface area (Å²) in [7, 11) is 0. The van der Waals surface area contributed by atoms with Crippen LogP contribution in [0.15, 0.2) is 18.3 Å². The Balaban J connectivity index is 1.57. The van der Waals surface area contributed by atoms with Gasteiger partial charge in [0.2, 0.25) is 5.91 Å². The fraction of sp³-hybridized carbons (Fsp3) is 0.611. The largest absolute Gasteiger partial charge is 0.353 e. The van der Waals surface area contributed by atoms with E-state index in [2.05, 4.69) is 10.3 Å². The van der Waals surface area contributed by atoms with Crippen LogP contribution in [0, 0.1) is 18.3 Å². The van der Waals surface area contributed by atoms with Crippen LogP contribution in [0.25, 0.3) is 0 Å². The maximum Gasteiger partial charge on any atom is 0.272 e. The minimum absolute atomic E-state index is 0.0290. The Labute approximate surface area is 137 Å². The Kier molecular flexibility index (Phi) is 4.13. The van der Waals surface area contributed by atoms with Crippen LogP contribution in [0.4, 0.5) is 0 Å². The lowest BCUT2D eigenvalue weighted by molar-refractivity contribution is -0.124. The van der Waals surface area contributed by atoms with Crippen LogP contribution in [0.1, 0.15) is 49.2 Å². The van der Waals surface area contributed by atoms with Gasteiger partial charge in [-0.05, 0) is 43.2 Å². The first-order chi connectivity index (χ1) is 10.9. The highest BCUT2D eigenvalue weighted by atomic mass is 16.2. The Morgan fingerprint density at radius 2 is 2.04 bits per heavy atom. The molecule has 1 aliphatic heterocycles. The van der Waals surface area contributed by atoms with Gasteiger partial charge in [-0.3, -0.25) is 14.6 Å². The summed E-state index contributed by atoms with van der Waals surface area (Å²) in [6.45, 7) is 7.26. The molecule has 1 atom stereocenters. The van der Waals surface area contributed by atoms with Crippen molar-refractivity contribution in [2.24, 2.45) is 11.3 Å². The van der Waals surface area contributed by atoms with Crippen LogP contribution in [0.5, 0.6) is 0 Å². The third-order valence-electron chi connectivity index (χ3n) is 5.29. The van der Waals surface area contributed by atoms with Gasteiger partial charge in [-0.15, -0.1) is 0 Å². The number of likely N-dealkylation sites (tertiary alicyclic amines) is 1. The number of carbonyl (C=O) groups excluding carboxylic acids is 2. The molecule has 5 heteroatoms. The van der Waals surface area contributed by atoms with Crippen LogP contribution >= 0.6 is 0 Å². The Hall–Kier alpha value is -1.91. The number of piperidine rings is 1. The summed E-state index contributed by atoms with van der Waals surface area (Å²) in [6.07, 6.45) is 4.65. The number of hydrogen-bond acceptors (Lipinski definition) is 3. The Morgan fingerprint density at radius 1 is 1.35 bits per heavy atom. The smallest absolute Gasteiger partial charge is 0.272 e. The van der Waals surface area contributed by atoms with E-state index in [4.69, 9.17) is 0 Å². The van der Waals surface area contributed by atoms with Gasteiger partial charge in [0.05, 0.1) is 0 Å². The molecule has 0 bridgehead atoms. The summed E-state index contributed by atoms with van der Waals surface area (Å²) in [5, 5.41) is 3.14. The van der Waals surface area contributed by atoms with E-state index in [0.29, 0.717) is 11.7 Å². The van der Waals surface area contributed by atoms with Crippen molar-refractivity contribution < 1.29 is 9.59 Å². The zero-order valence-electron chi connectivity index (χ0n) is 14.1. The normalized spacial score (nSPS) is 22.3. The second kappa shape index (κ2) is 5.95. The van der Waals surface area contributed by atoms with Crippen LogP contribution in [0.2, 0.25) is 0 Å². The van der Waals surface area contributed by atoms with Gasteiger partial charge < -0.3 is 10.2 Å². The number of nitrogens with zero attached hydrogens (tertiary/aromatic N) is 2. The summed E-state index contributed by atoms with van der Waals surface area (Å²) in [5.74, 6) is 0.192. The number of aromatic nitrogens is 1. The van der Waals surface area contributed by atoms with E-state index in [9.17, 15) is 9.59 Å². The van der Waals surface area contributed by atoms with Gasteiger partial charge in [0.1, 0.15) is 5.69 Å². The van der Waals surface area contributed by atoms with E-state index < -0.39 is 0 Å². The molecular weight excluding hydrogens is 290 g/mol. The average Bonchev–Trinajstić information content (AvgIpc) is 3.19. The number of amides is 2. The molecule has 3 rings (SSSR count). The van der Waals surface area contributed by atoms with E-state index >= 15 is 0 Å². The molecule has 1 spiro atoms. The molecule has 1 aromatic heterocycles. The number of aryl methyl sites for hydroxylation is 1. The van der Waals surface area contributed by atoms with E-state index in [1.807, 2.05) is 37.8 Å². The first-order valence-electron chi connectivity index (χ1n) is 8.44. The van der Waals surface area contributed by atoms with Gasteiger partial charge in [-0.2, -0.15) is 0 Å². The summed E-state index contributed by atoms with van der Waals surface area (Å²) in [5.41, 5.74) is 1.70. The van der Waals surface area contributed by atoms with Crippen molar-refractivity contribution in [1.29, 1.82) is 0 Å². The maximum atomic E-state index is 12.6. The molecule has 0 unspecified atom stereocenters. The molecule has 2 heterocycles. The Morgan fingerprint density at radius 3 is 2.65 bits per heavy atom. The van der Waals surface area contributed by atoms with Crippen molar-refractivity contribution >= 4 is 11.8 Å². The second-order valence-electron chi connectivity index (χ2n) is 7.24. The predicted octanol–water partition coefficient (Wildman–Crippen LogP) is 2.16. The van der Waals surface area contributed by atoms with Gasteiger partial charge in [-0.25, -0.2) is 0 Å². The minimum Gasteiger partial charge on any atom is -0.353 e. The van der Waals surface area contributed by atoms with Crippen molar-refractivity contribution in [2.45, 2.75) is 46.1 Å². The predicted molar refractivity (Wildman–Crippen MR) is 87.9 cm³/mol. The molecule has 2 fully saturated rings. The molecule has 1 N–H and O–H groups in total. The highest BCUT2D eigenvalue weighted by Crippen LogP contribution is 2.54. The number of pyridine rings is 1. The molecule has 23 heavy (non-hydrogen) atoms. The first-order valence-corrected chi connectivity index (χ1v) is 8.44. The third kappa shape index (κ3) is 3.09. The molecule has 1 aliphatic carbocycles. The fourth-order valence-corrected chi connectivity index (χ4v) is 3.46. The number of nitrogens with one attached hydrogen (secondary N) is 1. The maximum absolute atomic E-state index is 12.6. The van der Waals surface area contributed by atoms with Crippen LogP contribution in [0.3, 0.4) is 0 Å². The highest BCUT2D eigenvalue weighted by molar-refractivity contribution is 5.93. The van der Waals surface area contributed by atoms with Crippen molar-refractivity contribution in [3.05, 3.63) is 29.6 Å². The molecule has 1 saturated heterocycles. The lowest BCUT2D eigenvalue weighted by Crippen LogP contribution is -2.42. The summed E-state index contributed by atoms with van der Waals surface area (Å²) in [4.78, 5) is 30.6. The SMILES string of the molecule is Cc1cccnc1C(=O)N1CCC2(CC1)C[C@@H]2NC(=O)C(C)C. The van der Waals surface area contributed by atoms with Crippen molar-refractivity contribution in [3.8, 4) is 0 Å². The summed E-state index contributed by atoms with van der Waals surface area (Å²) < 4.78 is 0. The van der Waals surface area contributed by atoms with Gasteiger partial charge in [-0.1, -0.05) is 19.9 Å². The van der Waals surface area contributed by atoms with Crippen molar-refractivity contribution in [1.82, 2.24) is 15.2 Å².